The third-order valence-corrected chi connectivity index (χ3v) is 11.8. The minimum atomic E-state index is -1.67. The number of hydrogen-bond acceptors (Lipinski definition) is 14. The lowest BCUT2D eigenvalue weighted by Crippen LogP contribution is -2.61. The molecule has 412 valence electrons. The second kappa shape index (κ2) is 32.4. The number of carbonyl (C=O) groups excluding carboxylic acids is 8. The Labute approximate surface area is 426 Å². The van der Waals surface area contributed by atoms with Crippen LogP contribution in [0.2, 0.25) is 0 Å². The van der Waals surface area contributed by atoms with Gasteiger partial charge in [0, 0.05) is 32.1 Å². The topological polar surface area (TPSA) is 445 Å². The zero-order chi connectivity index (χ0) is 56.4. The molecule has 11 atom stereocenters. The van der Waals surface area contributed by atoms with Crippen LogP contribution in [0.5, 0.6) is 0 Å². The first-order valence-corrected chi connectivity index (χ1v) is 23.9. The number of aliphatic carboxylic acids is 5. The zero-order valence-electron chi connectivity index (χ0n) is 42.1. The Morgan fingerprint density at radius 1 is 0.419 bits per heavy atom. The van der Waals surface area contributed by atoms with Gasteiger partial charge in [0.05, 0.1) is 6.04 Å². The Morgan fingerprint density at radius 2 is 0.757 bits per heavy atom. The molecule has 0 aliphatic rings. The van der Waals surface area contributed by atoms with Gasteiger partial charge in [0.25, 0.3) is 0 Å². The lowest BCUT2D eigenvalue weighted by molar-refractivity contribution is -0.144. The molecule has 1 rings (SSSR count). The molecule has 0 heterocycles. The predicted octanol–water partition coefficient (Wildman–Crippen LogP) is -1.89. The first kappa shape index (κ1) is 64.3. The first-order valence-electron chi connectivity index (χ1n) is 23.9. The maximum Gasteiger partial charge on any atom is 0.326 e. The van der Waals surface area contributed by atoms with Crippen LogP contribution in [0.15, 0.2) is 30.3 Å². The molecule has 8 amide bonds. The quantitative estimate of drug-likeness (QED) is 0.0353. The molecule has 0 saturated carbocycles. The fourth-order valence-electron chi connectivity index (χ4n) is 6.86. The number of rotatable bonds is 35. The maximum atomic E-state index is 14.2. The molecule has 27 heteroatoms. The summed E-state index contributed by atoms with van der Waals surface area (Å²) in [4.78, 5) is 166. The molecule has 1 aromatic rings. The van der Waals surface area contributed by atoms with Gasteiger partial charge in [0.2, 0.25) is 47.3 Å². The van der Waals surface area contributed by atoms with Crippen molar-refractivity contribution >= 4 is 77.1 Å². The summed E-state index contributed by atoms with van der Waals surface area (Å²) in [5.41, 5.74) is 6.22. The summed E-state index contributed by atoms with van der Waals surface area (Å²) >= 11 is 0. The van der Waals surface area contributed by atoms with E-state index in [4.69, 9.17) is 15.9 Å². The summed E-state index contributed by atoms with van der Waals surface area (Å²) in [6, 6.07) is -5.19. The van der Waals surface area contributed by atoms with Gasteiger partial charge in [0.15, 0.2) is 0 Å². The van der Waals surface area contributed by atoms with Crippen molar-refractivity contribution in [2.75, 3.05) is 0 Å². The number of carbonyl (C=O) groups is 13. The van der Waals surface area contributed by atoms with Crippen LogP contribution < -0.4 is 48.3 Å². The second-order valence-corrected chi connectivity index (χ2v) is 17.8. The Hall–Kier alpha value is -7.71. The molecule has 0 radical (unpaired) electrons. The van der Waals surface area contributed by atoms with E-state index < -0.39 is 188 Å². The number of amides is 8. The van der Waals surface area contributed by atoms with Crippen molar-refractivity contribution in [3.05, 3.63) is 35.9 Å². The Morgan fingerprint density at radius 3 is 1.19 bits per heavy atom. The lowest BCUT2D eigenvalue weighted by atomic mass is 9.96. The molecule has 0 aromatic heterocycles. The molecule has 74 heavy (non-hydrogen) atoms. The SMILES string of the molecule is CC[C@H](C)[C@H](NC(=O)[C@H](C)NC(=O)[C@H](CCC(=O)O)NC(=O)[C@H](Cc1ccccc1)NC(=O)[C@@H](NC(=O)[C@H](CCC(=O)O)NC(=O)[C@H](C)NC(=O)[C@@H](N)CCC(=O)O)[C@@H](C)CC)C(=O)N[C@@H](CCC(=O)O)C(=O)O. The van der Waals surface area contributed by atoms with Crippen molar-refractivity contribution in [1.82, 2.24) is 42.5 Å². The average molecular weight is 1050 g/mol. The minimum Gasteiger partial charge on any atom is -0.481 e. The van der Waals surface area contributed by atoms with E-state index in [-0.39, 0.29) is 19.3 Å². The third-order valence-electron chi connectivity index (χ3n) is 11.8. The predicted molar refractivity (Wildman–Crippen MR) is 259 cm³/mol. The van der Waals surface area contributed by atoms with Gasteiger partial charge in [-0.25, -0.2) is 4.79 Å². The van der Waals surface area contributed by atoms with E-state index in [2.05, 4.69) is 42.5 Å². The van der Waals surface area contributed by atoms with Crippen LogP contribution in [0.25, 0.3) is 0 Å². The standard InChI is InChI=1S/C47H71N9O18/c1-7-23(3)37(45(71)53-31(47(73)74)17-21-36(63)64)55-40(66)26(6)50-42(68)29(15-19-34(59)60)52-44(70)32(22-27-12-10-9-11-13-27)54-46(72)38(24(4)8-2)56-43(69)30(16-20-35(61)62)51-39(65)25(5)49-41(67)28(48)14-18-33(57)58/h9-13,23-26,28-32,37-38H,7-8,14-22,48H2,1-6H3,(H,49,67)(H,50,68)(H,51,65)(H,52,70)(H,53,71)(H,54,72)(H,55,66)(H,56,69)(H,57,58)(H,59,60)(H,61,62)(H,63,64)(H,73,74)/t23-,24-,25-,26-,28-,29-,30-,31-,32-,37-,38-/m0/s1. The molecular formula is C47H71N9O18. The van der Waals surface area contributed by atoms with Crippen molar-refractivity contribution in [1.29, 1.82) is 0 Å². The number of carboxylic acid groups (broad SMARTS) is 5. The number of carboxylic acids is 5. The van der Waals surface area contributed by atoms with Gasteiger partial charge < -0.3 is 73.8 Å². The van der Waals surface area contributed by atoms with Gasteiger partial charge in [-0.15, -0.1) is 0 Å². The smallest absolute Gasteiger partial charge is 0.326 e. The van der Waals surface area contributed by atoms with Gasteiger partial charge >= 0.3 is 29.8 Å². The molecular weight excluding hydrogens is 979 g/mol. The summed E-state index contributed by atoms with van der Waals surface area (Å²) in [5.74, 6) is -15.9. The van der Waals surface area contributed by atoms with Gasteiger partial charge in [0.1, 0.15) is 48.3 Å². The zero-order valence-corrected chi connectivity index (χ0v) is 42.1. The molecule has 0 unspecified atom stereocenters. The first-order chi connectivity index (χ1) is 34.6. The molecule has 1 aromatic carbocycles. The van der Waals surface area contributed by atoms with E-state index in [1.807, 2.05) is 0 Å². The van der Waals surface area contributed by atoms with Crippen molar-refractivity contribution < 1.29 is 87.9 Å². The normalized spacial score (nSPS) is 15.4. The van der Waals surface area contributed by atoms with E-state index in [1.54, 1.807) is 58.0 Å². The van der Waals surface area contributed by atoms with E-state index in [1.165, 1.54) is 13.8 Å². The van der Waals surface area contributed by atoms with Crippen LogP contribution >= 0.6 is 0 Å². The highest BCUT2D eigenvalue weighted by molar-refractivity contribution is 5.98. The van der Waals surface area contributed by atoms with Crippen LogP contribution in [-0.4, -0.2) is 157 Å². The highest BCUT2D eigenvalue weighted by atomic mass is 16.4. The number of benzene rings is 1. The summed E-state index contributed by atoms with van der Waals surface area (Å²) in [6.07, 6.45) is -3.76. The Balaban J connectivity index is 3.46. The fourth-order valence-corrected chi connectivity index (χ4v) is 6.86. The molecule has 0 aliphatic carbocycles. The molecule has 27 nitrogen and oxygen atoms in total. The van der Waals surface area contributed by atoms with Crippen LogP contribution in [0, 0.1) is 11.8 Å². The van der Waals surface area contributed by atoms with Crippen molar-refractivity contribution in [3.63, 3.8) is 0 Å². The van der Waals surface area contributed by atoms with Gasteiger partial charge in [-0.2, -0.15) is 0 Å². The highest BCUT2D eigenvalue weighted by Crippen LogP contribution is 2.14. The summed E-state index contributed by atoms with van der Waals surface area (Å²) < 4.78 is 0. The number of hydrogen-bond donors (Lipinski definition) is 14. The number of nitrogens with one attached hydrogen (secondary N) is 8. The van der Waals surface area contributed by atoms with Crippen LogP contribution in [-0.2, 0) is 68.7 Å². The van der Waals surface area contributed by atoms with Gasteiger partial charge in [-0.05, 0) is 56.9 Å². The van der Waals surface area contributed by atoms with E-state index in [0.29, 0.717) is 12.0 Å². The van der Waals surface area contributed by atoms with Gasteiger partial charge in [-0.1, -0.05) is 70.9 Å². The van der Waals surface area contributed by atoms with Crippen molar-refractivity contribution in [2.45, 2.75) is 167 Å². The maximum absolute atomic E-state index is 14.2. The largest absolute Gasteiger partial charge is 0.481 e. The van der Waals surface area contributed by atoms with E-state index >= 15 is 0 Å². The average Bonchev–Trinajstić information content (AvgIpc) is 3.33. The lowest BCUT2D eigenvalue weighted by Gasteiger charge is -2.29. The van der Waals surface area contributed by atoms with Crippen LogP contribution in [0.4, 0.5) is 0 Å². The summed E-state index contributed by atoms with van der Waals surface area (Å²) in [7, 11) is 0. The van der Waals surface area contributed by atoms with Crippen LogP contribution in [0.3, 0.4) is 0 Å². The Kier molecular flexibility index (Phi) is 28.1. The van der Waals surface area contributed by atoms with Crippen molar-refractivity contribution in [2.24, 2.45) is 17.6 Å². The number of nitrogens with two attached hydrogens (primary N) is 1. The Bertz CT molecular complexity index is 2160. The molecule has 15 N–H and O–H groups in total. The van der Waals surface area contributed by atoms with Crippen LogP contribution in [0.1, 0.15) is 111 Å². The van der Waals surface area contributed by atoms with E-state index in [0.717, 1.165) is 0 Å². The summed E-state index contributed by atoms with van der Waals surface area (Å²) in [6.45, 7) is 8.93. The third kappa shape index (κ3) is 23.7. The van der Waals surface area contributed by atoms with E-state index in [9.17, 15) is 77.6 Å². The van der Waals surface area contributed by atoms with Crippen molar-refractivity contribution in [3.8, 4) is 0 Å². The minimum absolute atomic E-state index is 0.232. The molecule has 0 saturated heterocycles. The highest BCUT2D eigenvalue weighted by Gasteiger charge is 2.36. The molecule has 0 fully saturated rings. The fraction of sp³-hybridized carbons (Fsp3) is 0.596. The summed E-state index contributed by atoms with van der Waals surface area (Å²) in [5, 5.41) is 65.6. The second-order valence-electron chi connectivity index (χ2n) is 17.8. The van der Waals surface area contributed by atoms with Gasteiger partial charge in [-0.3, -0.25) is 57.5 Å². The monoisotopic (exact) mass is 1050 g/mol. The molecule has 0 spiro atoms. The molecule has 0 aliphatic heterocycles. The molecule has 0 bridgehead atoms.